The first-order chi connectivity index (χ1) is 10.5. The second-order valence-electron chi connectivity index (χ2n) is 4.86. The van der Waals surface area contributed by atoms with Gasteiger partial charge in [-0.3, -0.25) is 0 Å². The lowest BCUT2D eigenvalue weighted by Gasteiger charge is -2.29. The predicted octanol–water partition coefficient (Wildman–Crippen LogP) is 3.65. The lowest BCUT2D eigenvalue weighted by Crippen LogP contribution is -2.29. The Morgan fingerprint density at radius 1 is 1.36 bits per heavy atom. The van der Waals surface area contributed by atoms with E-state index in [-0.39, 0.29) is 0 Å². The highest BCUT2D eigenvalue weighted by Crippen LogP contribution is 2.40. The number of anilines is 1. The first kappa shape index (κ1) is 14.9. The second kappa shape index (κ2) is 5.66. The zero-order chi connectivity index (χ0) is 15.9. The van der Waals surface area contributed by atoms with Crippen LogP contribution in [0, 0.1) is 0 Å². The molecule has 1 atom stereocenters. The minimum Gasteiger partial charge on any atom is -0.466 e. The van der Waals surface area contributed by atoms with Gasteiger partial charge in [0.15, 0.2) is 0 Å². The van der Waals surface area contributed by atoms with Crippen molar-refractivity contribution in [1.82, 2.24) is 9.78 Å². The Morgan fingerprint density at radius 2 is 2.14 bits per heavy atom. The molecule has 1 N–H and O–H groups in total. The molecule has 1 aliphatic rings. The molecule has 0 radical (unpaired) electrons. The molecule has 2 heterocycles. The SMILES string of the molecule is COC(=O)C1=C(C)Nc2ccnn2[C@@H]1c1cccc(Cl)c1Cl. The van der Waals surface area contributed by atoms with Crippen LogP contribution in [0.25, 0.3) is 0 Å². The smallest absolute Gasteiger partial charge is 0.338 e. The standard InChI is InChI=1S/C15H13Cl2N3O2/c1-8-12(15(21)22-2)14(20-11(19-8)6-7-18-20)9-4-3-5-10(16)13(9)17/h3-7,14,19H,1-2H3/t14-/m1/s1. The van der Waals surface area contributed by atoms with Crippen molar-refractivity contribution < 1.29 is 9.53 Å². The average molecular weight is 338 g/mol. The van der Waals surface area contributed by atoms with Crippen LogP contribution >= 0.6 is 23.2 Å². The summed E-state index contributed by atoms with van der Waals surface area (Å²) in [5, 5.41) is 8.26. The molecule has 0 saturated heterocycles. The molecule has 22 heavy (non-hydrogen) atoms. The molecule has 1 aliphatic heterocycles. The molecule has 5 nitrogen and oxygen atoms in total. The van der Waals surface area contributed by atoms with Crippen molar-refractivity contribution in [3.8, 4) is 0 Å². The van der Waals surface area contributed by atoms with Crippen molar-refractivity contribution in [2.45, 2.75) is 13.0 Å². The molecular weight excluding hydrogens is 325 g/mol. The fraction of sp³-hybridized carbons (Fsp3) is 0.200. The monoisotopic (exact) mass is 337 g/mol. The van der Waals surface area contributed by atoms with Gasteiger partial charge in [0.2, 0.25) is 0 Å². The Balaban J connectivity index is 2.25. The summed E-state index contributed by atoms with van der Waals surface area (Å²) < 4.78 is 6.61. The molecule has 2 aromatic rings. The maximum Gasteiger partial charge on any atom is 0.338 e. The van der Waals surface area contributed by atoms with Crippen molar-refractivity contribution in [2.75, 3.05) is 12.4 Å². The van der Waals surface area contributed by atoms with Crippen LogP contribution in [0.4, 0.5) is 5.82 Å². The summed E-state index contributed by atoms with van der Waals surface area (Å²) in [5.74, 6) is 0.332. The lowest BCUT2D eigenvalue weighted by molar-refractivity contribution is -0.136. The molecule has 3 rings (SSSR count). The van der Waals surface area contributed by atoms with Gasteiger partial charge in [0.25, 0.3) is 0 Å². The zero-order valence-electron chi connectivity index (χ0n) is 11.9. The van der Waals surface area contributed by atoms with Crippen LogP contribution in [0.15, 0.2) is 41.7 Å². The van der Waals surface area contributed by atoms with E-state index in [9.17, 15) is 4.79 Å². The van der Waals surface area contributed by atoms with E-state index in [4.69, 9.17) is 27.9 Å². The van der Waals surface area contributed by atoms with Crippen molar-refractivity contribution in [3.05, 3.63) is 57.3 Å². The van der Waals surface area contributed by atoms with Gasteiger partial charge in [-0.1, -0.05) is 35.3 Å². The number of benzene rings is 1. The minimum atomic E-state index is -0.495. The number of halogens is 2. The summed E-state index contributed by atoms with van der Waals surface area (Å²) >= 11 is 12.5. The van der Waals surface area contributed by atoms with Crippen LogP contribution in [0.2, 0.25) is 10.0 Å². The number of carbonyl (C=O) groups is 1. The van der Waals surface area contributed by atoms with E-state index in [1.807, 2.05) is 19.1 Å². The molecule has 0 unspecified atom stereocenters. The summed E-state index contributed by atoms with van der Waals surface area (Å²) in [6.45, 7) is 1.81. The van der Waals surface area contributed by atoms with Gasteiger partial charge in [0.05, 0.1) is 28.9 Å². The molecule has 0 bridgehead atoms. The van der Waals surface area contributed by atoms with E-state index in [1.54, 1.807) is 23.0 Å². The summed E-state index contributed by atoms with van der Waals surface area (Å²) in [7, 11) is 1.35. The number of nitrogens with one attached hydrogen (secondary N) is 1. The largest absolute Gasteiger partial charge is 0.466 e. The quantitative estimate of drug-likeness (QED) is 0.850. The molecule has 0 fully saturated rings. The van der Waals surface area contributed by atoms with E-state index in [0.717, 1.165) is 5.82 Å². The van der Waals surface area contributed by atoms with Crippen LogP contribution in [-0.2, 0) is 9.53 Å². The maximum atomic E-state index is 12.3. The normalized spacial score (nSPS) is 17.0. The van der Waals surface area contributed by atoms with Gasteiger partial charge in [0, 0.05) is 17.3 Å². The number of aromatic nitrogens is 2. The zero-order valence-corrected chi connectivity index (χ0v) is 13.4. The van der Waals surface area contributed by atoms with E-state index in [1.165, 1.54) is 7.11 Å². The summed E-state index contributed by atoms with van der Waals surface area (Å²) in [6.07, 6.45) is 1.65. The number of hydrogen-bond donors (Lipinski definition) is 1. The molecule has 0 saturated carbocycles. The third-order valence-electron chi connectivity index (χ3n) is 3.59. The van der Waals surface area contributed by atoms with Gasteiger partial charge in [-0.25, -0.2) is 9.48 Å². The third-order valence-corrected chi connectivity index (χ3v) is 4.42. The van der Waals surface area contributed by atoms with Crippen LogP contribution < -0.4 is 5.32 Å². The van der Waals surface area contributed by atoms with Crippen molar-refractivity contribution in [2.24, 2.45) is 0 Å². The average Bonchev–Trinajstić information content (AvgIpc) is 2.96. The van der Waals surface area contributed by atoms with Crippen LogP contribution in [0.5, 0.6) is 0 Å². The Hall–Kier alpha value is -1.98. The molecule has 7 heteroatoms. The highest BCUT2D eigenvalue weighted by atomic mass is 35.5. The Kier molecular flexibility index (Phi) is 3.85. The van der Waals surface area contributed by atoms with Crippen LogP contribution in [0.1, 0.15) is 18.5 Å². The van der Waals surface area contributed by atoms with E-state index >= 15 is 0 Å². The number of esters is 1. The number of ether oxygens (including phenoxy) is 1. The van der Waals surface area contributed by atoms with E-state index in [2.05, 4.69) is 10.4 Å². The van der Waals surface area contributed by atoms with E-state index < -0.39 is 12.0 Å². The van der Waals surface area contributed by atoms with Crippen LogP contribution in [-0.4, -0.2) is 22.9 Å². The van der Waals surface area contributed by atoms with Crippen molar-refractivity contribution in [3.63, 3.8) is 0 Å². The number of nitrogens with zero attached hydrogens (tertiary/aromatic N) is 2. The molecule has 0 spiro atoms. The fourth-order valence-corrected chi connectivity index (χ4v) is 3.01. The van der Waals surface area contributed by atoms with Crippen molar-refractivity contribution in [1.29, 1.82) is 0 Å². The topological polar surface area (TPSA) is 56.1 Å². The molecular formula is C15H13Cl2N3O2. The number of fused-ring (bicyclic) bond motifs is 1. The maximum absolute atomic E-state index is 12.3. The fourth-order valence-electron chi connectivity index (χ4n) is 2.60. The van der Waals surface area contributed by atoms with Gasteiger partial charge in [-0.15, -0.1) is 0 Å². The first-order valence-corrected chi connectivity index (χ1v) is 7.33. The number of carbonyl (C=O) groups excluding carboxylic acids is 1. The summed E-state index contributed by atoms with van der Waals surface area (Å²) in [4.78, 5) is 12.3. The highest BCUT2D eigenvalue weighted by Gasteiger charge is 2.34. The first-order valence-electron chi connectivity index (χ1n) is 6.58. The van der Waals surface area contributed by atoms with E-state index in [0.29, 0.717) is 26.9 Å². The number of hydrogen-bond acceptors (Lipinski definition) is 4. The highest BCUT2D eigenvalue weighted by molar-refractivity contribution is 6.42. The second-order valence-corrected chi connectivity index (χ2v) is 5.65. The summed E-state index contributed by atoms with van der Waals surface area (Å²) in [6, 6.07) is 6.64. The van der Waals surface area contributed by atoms with Crippen LogP contribution in [0.3, 0.4) is 0 Å². The van der Waals surface area contributed by atoms with Gasteiger partial charge in [-0.2, -0.15) is 5.10 Å². The van der Waals surface area contributed by atoms with Gasteiger partial charge >= 0.3 is 5.97 Å². The number of methoxy groups -OCH3 is 1. The lowest BCUT2D eigenvalue weighted by atomic mass is 9.95. The number of allylic oxidation sites excluding steroid dienone is 1. The minimum absolute atomic E-state index is 0.395. The Morgan fingerprint density at radius 3 is 2.86 bits per heavy atom. The predicted molar refractivity (Wildman–Crippen MR) is 85.2 cm³/mol. The molecule has 1 aromatic heterocycles. The Labute approximate surface area is 137 Å². The van der Waals surface area contributed by atoms with Gasteiger partial charge in [-0.05, 0) is 13.0 Å². The molecule has 0 aliphatic carbocycles. The molecule has 1 aromatic carbocycles. The van der Waals surface area contributed by atoms with Crippen molar-refractivity contribution >= 4 is 35.0 Å². The molecule has 0 amide bonds. The summed E-state index contributed by atoms with van der Waals surface area (Å²) in [5.41, 5.74) is 1.84. The number of rotatable bonds is 2. The molecule has 114 valence electrons. The van der Waals surface area contributed by atoms with Gasteiger partial charge in [0.1, 0.15) is 11.9 Å². The Bertz CT molecular complexity index is 783. The van der Waals surface area contributed by atoms with Gasteiger partial charge < -0.3 is 10.1 Å². The third kappa shape index (κ3) is 2.26.